The number of carbonyl (C=O) groups is 2. The molecule has 0 saturated carbocycles. The van der Waals surface area contributed by atoms with E-state index in [1.165, 1.54) is 24.7 Å². The van der Waals surface area contributed by atoms with Gasteiger partial charge in [-0.05, 0) is 34.0 Å². The fourth-order valence-corrected chi connectivity index (χ4v) is 5.12. The molecular formula is C26H29F2N3O4Si. The Hall–Kier alpha value is -3.50. The summed E-state index contributed by atoms with van der Waals surface area (Å²) in [5.74, 6) is -2.34. The second-order valence-electron chi connectivity index (χ2n) is 9.54. The minimum atomic E-state index is -2.12. The molecule has 10 heteroatoms. The van der Waals surface area contributed by atoms with Crippen LogP contribution in [0.2, 0.25) is 19.6 Å². The van der Waals surface area contributed by atoms with Crippen molar-refractivity contribution in [3.05, 3.63) is 93.7 Å². The Balaban J connectivity index is 1.89. The molecule has 1 amide bonds. The minimum Gasteiger partial charge on any atom is -0.380 e. The van der Waals surface area contributed by atoms with Crippen LogP contribution in [0.3, 0.4) is 0 Å². The molecule has 0 radical (unpaired) electrons. The number of Topliss-reactive ketones (excluding diaryl/α,β-unsaturated/α-hetero) is 1. The zero-order chi connectivity index (χ0) is 26.5. The number of methoxy groups -OCH3 is 1. The summed E-state index contributed by atoms with van der Waals surface area (Å²) in [5, 5.41) is 2.98. The zero-order valence-corrected chi connectivity index (χ0v) is 21.7. The molecule has 3 aromatic rings. The third-order valence-electron chi connectivity index (χ3n) is 5.67. The van der Waals surface area contributed by atoms with Crippen LogP contribution in [0.5, 0.6) is 0 Å². The lowest BCUT2D eigenvalue weighted by Crippen LogP contribution is -2.41. The first-order valence-corrected chi connectivity index (χ1v) is 14.9. The maximum Gasteiger partial charge on any atom is 0.253 e. The number of ether oxygens (including phenoxy) is 1. The molecule has 0 spiro atoms. The molecule has 0 saturated heterocycles. The van der Waals surface area contributed by atoms with Crippen molar-refractivity contribution in [2.24, 2.45) is 0 Å². The first kappa shape index (κ1) is 27.1. The van der Waals surface area contributed by atoms with Crippen LogP contribution in [0.15, 0.2) is 59.8 Å². The van der Waals surface area contributed by atoms with Gasteiger partial charge in [-0.15, -0.1) is 0 Å². The lowest BCUT2D eigenvalue weighted by molar-refractivity contribution is -0.128. The van der Waals surface area contributed by atoms with Gasteiger partial charge in [-0.25, -0.2) is 13.8 Å². The molecule has 0 aliphatic heterocycles. The number of halogens is 2. The number of rotatable bonds is 10. The van der Waals surface area contributed by atoms with Crippen molar-refractivity contribution in [3.63, 3.8) is 0 Å². The summed E-state index contributed by atoms with van der Waals surface area (Å²) < 4.78 is 35.8. The highest BCUT2D eigenvalue weighted by Gasteiger charge is 2.27. The SMILES string of the molecule is COCc1ccc(C(NC(=O)Cn2cnccc2=O)C(=O)Cc2cc(F)c([Si](C)(C)C)cc2F)cc1. The molecule has 1 aromatic heterocycles. The van der Waals surface area contributed by atoms with Crippen LogP contribution in [0.4, 0.5) is 8.78 Å². The van der Waals surface area contributed by atoms with E-state index < -0.39 is 49.4 Å². The first-order valence-electron chi connectivity index (χ1n) is 11.4. The molecule has 0 bridgehead atoms. The molecule has 1 atom stereocenters. The molecule has 1 heterocycles. The van der Waals surface area contributed by atoms with E-state index in [2.05, 4.69) is 10.3 Å². The van der Waals surface area contributed by atoms with Gasteiger partial charge in [0, 0.05) is 25.8 Å². The Bertz CT molecular complexity index is 1300. The highest BCUT2D eigenvalue weighted by molar-refractivity contribution is 6.88. The largest absolute Gasteiger partial charge is 0.380 e. The Kier molecular flexibility index (Phi) is 8.64. The van der Waals surface area contributed by atoms with Crippen molar-refractivity contribution in [2.75, 3.05) is 7.11 Å². The van der Waals surface area contributed by atoms with Gasteiger partial charge in [-0.1, -0.05) is 43.9 Å². The smallest absolute Gasteiger partial charge is 0.253 e. The third kappa shape index (κ3) is 6.79. The monoisotopic (exact) mass is 513 g/mol. The summed E-state index contributed by atoms with van der Waals surface area (Å²) in [6, 6.07) is 9.15. The first-order chi connectivity index (χ1) is 17.0. The highest BCUT2D eigenvalue weighted by atomic mass is 28.3. The maximum absolute atomic E-state index is 14.9. The van der Waals surface area contributed by atoms with Gasteiger partial charge in [0.15, 0.2) is 5.78 Å². The average molecular weight is 514 g/mol. The van der Waals surface area contributed by atoms with Gasteiger partial charge in [0.05, 0.1) is 21.0 Å². The molecule has 1 N–H and O–H groups in total. The number of benzene rings is 2. The fourth-order valence-electron chi connectivity index (χ4n) is 3.77. The molecule has 0 aliphatic rings. The highest BCUT2D eigenvalue weighted by Crippen LogP contribution is 2.20. The Morgan fingerprint density at radius 2 is 1.78 bits per heavy atom. The van der Waals surface area contributed by atoms with Crippen molar-refractivity contribution in [1.29, 1.82) is 0 Å². The van der Waals surface area contributed by atoms with Crippen LogP contribution in [-0.2, 0) is 33.9 Å². The maximum atomic E-state index is 14.9. The molecule has 190 valence electrons. The lowest BCUT2D eigenvalue weighted by Gasteiger charge is -2.21. The Morgan fingerprint density at radius 1 is 1.08 bits per heavy atom. The summed E-state index contributed by atoms with van der Waals surface area (Å²) in [6.07, 6.45) is 2.11. The van der Waals surface area contributed by atoms with Crippen LogP contribution >= 0.6 is 0 Å². The number of nitrogens with one attached hydrogen (secondary N) is 1. The van der Waals surface area contributed by atoms with E-state index in [0.29, 0.717) is 17.4 Å². The average Bonchev–Trinajstić information content (AvgIpc) is 2.81. The van der Waals surface area contributed by atoms with Crippen LogP contribution in [-0.4, -0.2) is 36.4 Å². The quantitative estimate of drug-likeness (QED) is 0.421. The van der Waals surface area contributed by atoms with Crippen molar-refractivity contribution < 1.29 is 23.1 Å². The zero-order valence-electron chi connectivity index (χ0n) is 20.7. The molecule has 36 heavy (non-hydrogen) atoms. The van der Waals surface area contributed by atoms with Gasteiger partial charge >= 0.3 is 0 Å². The van der Waals surface area contributed by atoms with Crippen molar-refractivity contribution in [1.82, 2.24) is 14.9 Å². The van der Waals surface area contributed by atoms with Crippen LogP contribution < -0.4 is 16.1 Å². The van der Waals surface area contributed by atoms with E-state index in [0.717, 1.165) is 16.2 Å². The summed E-state index contributed by atoms with van der Waals surface area (Å²) in [6.45, 7) is 5.72. The van der Waals surface area contributed by atoms with E-state index in [4.69, 9.17) is 4.74 Å². The van der Waals surface area contributed by atoms with E-state index >= 15 is 0 Å². The van der Waals surface area contributed by atoms with Crippen LogP contribution in [0.25, 0.3) is 0 Å². The van der Waals surface area contributed by atoms with E-state index in [1.807, 2.05) is 19.6 Å². The second-order valence-corrected chi connectivity index (χ2v) is 14.6. The number of hydrogen-bond acceptors (Lipinski definition) is 5. The van der Waals surface area contributed by atoms with Gasteiger partial charge in [-0.3, -0.25) is 19.0 Å². The van der Waals surface area contributed by atoms with Gasteiger partial charge in [0.2, 0.25) is 5.91 Å². The molecule has 1 unspecified atom stereocenters. The van der Waals surface area contributed by atoms with Crippen molar-refractivity contribution in [3.8, 4) is 0 Å². The second kappa shape index (κ2) is 11.5. The normalized spacial score (nSPS) is 12.3. The number of hydrogen-bond donors (Lipinski definition) is 1. The predicted octanol–water partition coefficient (Wildman–Crippen LogP) is 2.88. The Labute approximate surface area is 209 Å². The minimum absolute atomic E-state index is 0.0850. The molecule has 3 rings (SSSR count). The van der Waals surface area contributed by atoms with Crippen molar-refractivity contribution >= 4 is 25.0 Å². The summed E-state index contributed by atoms with van der Waals surface area (Å²) in [7, 11) is -0.565. The van der Waals surface area contributed by atoms with Gasteiger partial charge in [0.25, 0.3) is 5.56 Å². The predicted molar refractivity (Wildman–Crippen MR) is 135 cm³/mol. The standard InChI is InChI=1S/C26H29F2N3O4Si/c1-35-15-17-5-7-18(8-6-17)26(30-24(33)14-31-16-29-10-9-25(31)34)22(32)12-19-11-21(28)23(13-20(19)27)36(2,3)4/h5-11,13,16,26H,12,14-15H2,1-4H3,(H,30,33). The summed E-state index contributed by atoms with van der Waals surface area (Å²) in [5.41, 5.74) is 0.812. The van der Waals surface area contributed by atoms with Crippen molar-refractivity contribution in [2.45, 2.75) is 45.3 Å². The lowest BCUT2D eigenvalue weighted by atomic mass is 9.96. The van der Waals surface area contributed by atoms with Gasteiger partial charge < -0.3 is 10.1 Å². The molecular weight excluding hydrogens is 484 g/mol. The van der Waals surface area contributed by atoms with E-state index in [1.54, 1.807) is 31.4 Å². The van der Waals surface area contributed by atoms with E-state index in [9.17, 15) is 23.2 Å². The number of nitrogens with zero attached hydrogens (tertiary/aromatic N) is 2. The van der Waals surface area contributed by atoms with Gasteiger partial charge in [0.1, 0.15) is 24.2 Å². The van der Waals surface area contributed by atoms with Crippen LogP contribution in [0, 0.1) is 11.6 Å². The Morgan fingerprint density at radius 3 is 2.39 bits per heavy atom. The topological polar surface area (TPSA) is 90.3 Å². The fraction of sp³-hybridized carbons (Fsp3) is 0.308. The molecule has 2 aromatic carbocycles. The number of ketones is 1. The van der Waals surface area contributed by atoms with Crippen LogP contribution in [0.1, 0.15) is 22.7 Å². The summed E-state index contributed by atoms with van der Waals surface area (Å²) >= 11 is 0. The van der Waals surface area contributed by atoms with E-state index in [-0.39, 0.29) is 12.1 Å². The molecule has 0 aliphatic carbocycles. The van der Waals surface area contributed by atoms with Gasteiger partial charge in [-0.2, -0.15) is 0 Å². The molecule has 7 nitrogen and oxygen atoms in total. The summed E-state index contributed by atoms with van der Waals surface area (Å²) in [4.78, 5) is 41.8. The number of aromatic nitrogens is 2. The number of carbonyl (C=O) groups excluding carboxylic acids is 2. The third-order valence-corrected chi connectivity index (χ3v) is 7.67. The molecule has 0 fully saturated rings. The number of amides is 1.